The van der Waals surface area contributed by atoms with Crippen molar-refractivity contribution in [2.75, 3.05) is 13.1 Å². The molecule has 2 N–H and O–H groups in total. The molecule has 0 spiro atoms. The molecule has 2 rings (SSSR count). The molecule has 98 valence electrons. The predicted molar refractivity (Wildman–Crippen MR) is 81.6 cm³/mol. The van der Waals surface area contributed by atoms with Crippen molar-refractivity contribution in [3.8, 4) is 0 Å². The molecule has 0 radical (unpaired) electrons. The quantitative estimate of drug-likeness (QED) is 0.784. The highest BCUT2D eigenvalue weighted by molar-refractivity contribution is 14.1. The van der Waals surface area contributed by atoms with Gasteiger partial charge in [-0.2, -0.15) is 0 Å². The maximum Gasteiger partial charge on any atom is 0.254 e. The van der Waals surface area contributed by atoms with E-state index >= 15 is 0 Å². The highest BCUT2D eigenvalue weighted by atomic mass is 127. The second kappa shape index (κ2) is 5.57. The van der Waals surface area contributed by atoms with E-state index in [0.717, 1.165) is 34.2 Å². The van der Waals surface area contributed by atoms with Gasteiger partial charge in [0.25, 0.3) is 5.91 Å². The fourth-order valence-corrected chi connectivity index (χ4v) is 2.92. The summed E-state index contributed by atoms with van der Waals surface area (Å²) >= 11 is 2.25. The lowest BCUT2D eigenvalue weighted by Crippen LogP contribution is -2.48. The predicted octanol–water partition coefficient (Wildman–Crippen LogP) is 2.41. The van der Waals surface area contributed by atoms with Crippen LogP contribution >= 0.6 is 22.6 Å². The third kappa shape index (κ3) is 2.69. The van der Waals surface area contributed by atoms with E-state index in [4.69, 9.17) is 5.73 Å². The summed E-state index contributed by atoms with van der Waals surface area (Å²) in [5.74, 6) is 0.520. The van der Waals surface area contributed by atoms with E-state index in [2.05, 4.69) is 29.5 Å². The molecular formula is C14H19IN2O. The molecule has 18 heavy (non-hydrogen) atoms. The van der Waals surface area contributed by atoms with Crippen molar-refractivity contribution in [3.63, 3.8) is 0 Å². The Morgan fingerprint density at radius 3 is 2.89 bits per heavy atom. The largest absolute Gasteiger partial charge is 0.338 e. The van der Waals surface area contributed by atoms with Crippen LogP contribution in [0.3, 0.4) is 0 Å². The summed E-state index contributed by atoms with van der Waals surface area (Å²) in [7, 11) is 0. The third-order valence-corrected chi connectivity index (χ3v) is 5.11. The Labute approximate surface area is 122 Å². The first-order valence-corrected chi connectivity index (χ1v) is 7.38. The molecule has 1 aromatic carbocycles. The minimum atomic E-state index is 0.141. The average Bonchev–Trinajstić information content (AvgIpc) is 2.35. The fourth-order valence-electron chi connectivity index (χ4n) is 2.33. The molecule has 0 aliphatic carbocycles. The van der Waals surface area contributed by atoms with E-state index in [1.807, 2.05) is 30.0 Å². The zero-order chi connectivity index (χ0) is 13.3. The molecule has 1 amide bonds. The van der Waals surface area contributed by atoms with Gasteiger partial charge >= 0.3 is 0 Å². The van der Waals surface area contributed by atoms with Gasteiger partial charge in [0.15, 0.2) is 0 Å². The average molecular weight is 358 g/mol. The van der Waals surface area contributed by atoms with Crippen molar-refractivity contribution >= 4 is 28.5 Å². The maximum absolute atomic E-state index is 12.5. The SMILES string of the molecule is Cc1cccc(C(=O)N2CCC(N)C(C)C2)c1I. The molecule has 1 fully saturated rings. The van der Waals surface area contributed by atoms with Crippen molar-refractivity contribution < 1.29 is 4.79 Å². The molecule has 1 heterocycles. The van der Waals surface area contributed by atoms with Crippen LogP contribution in [0.1, 0.15) is 29.3 Å². The Morgan fingerprint density at radius 2 is 2.22 bits per heavy atom. The highest BCUT2D eigenvalue weighted by Gasteiger charge is 2.27. The minimum absolute atomic E-state index is 0.141. The molecule has 0 bridgehead atoms. The molecule has 1 aliphatic rings. The molecule has 1 aliphatic heterocycles. The number of carbonyl (C=O) groups excluding carboxylic acids is 1. The number of rotatable bonds is 1. The Kier molecular flexibility index (Phi) is 4.27. The lowest BCUT2D eigenvalue weighted by atomic mass is 9.94. The van der Waals surface area contributed by atoms with Crippen LogP contribution < -0.4 is 5.73 Å². The molecule has 0 aromatic heterocycles. The number of halogens is 1. The van der Waals surface area contributed by atoms with E-state index in [1.54, 1.807) is 0 Å². The van der Waals surface area contributed by atoms with E-state index in [-0.39, 0.29) is 11.9 Å². The van der Waals surface area contributed by atoms with Gasteiger partial charge in [-0.1, -0.05) is 19.1 Å². The standard InChI is InChI=1S/C14H19IN2O/c1-9-4-3-5-11(13(9)15)14(18)17-7-6-12(16)10(2)8-17/h3-5,10,12H,6-8,16H2,1-2H3. The summed E-state index contributed by atoms with van der Waals surface area (Å²) in [6.45, 7) is 5.69. The normalized spacial score (nSPS) is 24.1. The lowest BCUT2D eigenvalue weighted by molar-refractivity contribution is 0.0663. The number of carbonyl (C=O) groups is 1. The van der Waals surface area contributed by atoms with Crippen LogP contribution in [0.5, 0.6) is 0 Å². The number of likely N-dealkylation sites (tertiary alicyclic amines) is 1. The highest BCUT2D eigenvalue weighted by Crippen LogP contribution is 2.22. The van der Waals surface area contributed by atoms with Crippen molar-refractivity contribution in [2.45, 2.75) is 26.3 Å². The summed E-state index contributed by atoms with van der Waals surface area (Å²) in [6.07, 6.45) is 0.898. The van der Waals surface area contributed by atoms with Gasteiger partial charge in [-0.25, -0.2) is 0 Å². The van der Waals surface area contributed by atoms with Gasteiger partial charge in [0.1, 0.15) is 0 Å². The van der Waals surface area contributed by atoms with E-state index in [1.165, 1.54) is 0 Å². The van der Waals surface area contributed by atoms with Crippen LogP contribution in [0.2, 0.25) is 0 Å². The smallest absolute Gasteiger partial charge is 0.254 e. The zero-order valence-electron chi connectivity index (χ0n) is 10.8. The van der Waals surface area contributed by atoms with Crippen LogP contribution in [-0.4, -0.2) is 29.9 Å². The summed E-state index contributed by atoms with van der Waals surface area (Å²) < 4.78 is 1.06. The number of benzene rings is 1. The molecule has 1 aromatic rings. The third-order valence-electron chi connectivity index (χ3n) is 3.68. The van der Waals surface area contributed by atoms with Crippen LogP contribution in [-0.2, 0) is 0 Å². The number of nitrogens with zero attached hydrogens (tertiary/aromatic N) is 1. The molecule has 2 atom stereocenters. The molecule has 4 heteroatoms. The lowest BCUT2D eigenvalue weighted by Gasteiger charge is -2.35. The van der Waals surface area contributed by atoms with E-state index in [9.17, 15) is 4.79 Å². The first-order valence-electron chi connectivity index (χ1n) is 6.30. The van der Waals surface area contributed by atoms with Crippen molar-refractivity contribution in [3.05, 3.63) is 32.9 Å². The summed E-state index contributed by atoms with van der Waals surface area (Å²) in [5.41, 5.74) is 7.97. The zero-order valence-corrected chi connectivity index (χ0v) is 13.0. The first-order chi connectivity index (χ1) is 8.50. The summed E-state index contributed by atoms with van der Waals surface area (Å²) in [6, 6.07) is 6.12. The number of piperidine rings is 1. The molecule has 0 saturated carbocycles. The fraction of sp³-hybridized carbons (Fsp3) is 0.500. The topological polar surface area (TPSA) is 46.3 Å². The molecule has 3 nitrogen and oxygen atoms in total. The Hall–Kier alpha value is -0.620. The number of aryl methyl sites for hydroxylation is 1. The number of amides is 1. The number of hydrogen-bond acceptors (Lipinski definition) is 2. The molecule has 2 unspecified atom stereocenters. The van der Waals surface area contributed by atoms with Gasteiger partial charge in [0.2, 0.25) is 0 Å². The van der Waals surface area contributed by atoms with Gasteiger partial charge in [-0.05, 0) is 53.5 Å². The monoisotopic (exact) mass is 358 g/mol. The van der Waals surface area contributed by atoms with Gasteiger partial charge in [0, 0.05) is 22.7 Å². The van der Waals surface area contributed by atoms with Crippen molar-refractivity contribution in [2.24, 2.45) is 11.7 Å². The van der Waals surface area contributed by atoms with Gasteiger partial charge in [-0.3, -0.25) is 4.79 Å². The minimum Gasteiger partial charge on any atom is -0.338 e. The van der Waals surface area contributed by atoms with E-state index in [0.29, 0.717) is 5.92 Å². The van der Waals surface area contributed by atoms with Crippen molar-refractivity contribution in [1.82, 2.24) is 4.90 Å². The van der Waals surface area contributed by atoms with Gasteiger partial charge < -0.3 is 10.6 Å². The van der Waals surface area contributed by atoms with Crippen LogP contribution in [0.25, 0.3) is 0 Å². The van der Waals surface area contributed by atoms with Gasteiger partial charge in [-0.15, -0.1) is 0 Å². The van der Waals surface area contributed by atoms with Crippen LogP contribution in [0.15, 0.2) is 18.2 Å². The molecular weight excluding hydrogens is 339 g/mol. The summed E-state index contributed by atoms with van der Waals surface area (Å²) in [4.78, 5) is 14.4. The Morgan fingerprint density at radius 1 is 1.50 bits per heavy atom. The Balaban J connectivity index is 2.19. The first kappa shape index (κ1) is 13.8. The molecule has 1 saturated heterocycles. The van der Waals surface area contributed by atoms with Crippen molar-refractivity contribution in [1.29, 1.82) is 0 Å². The number of hydrogen-bond donors (Lipinski definition) is 1. The second-order valence-corrected chi connectivity index (χ2v) is 6.20. The van der Waals surface area contributed by atoms with Gasteiger partial charge in [0.05, 0.1) is 5.56 Å². The van der Waals surface area contributed by atoms with E-state index < -0.39 is 0 Å². The maximum atomic E-state index is 12.5. The van der Waals surface area contributed by atoms with Crippen LogP contribution in [0.4, 0.5) is 0 Å². The number of nitrogens with two attached hydrogens (primary N) is 1. The Bertz CT molecular complexity index is 461. The summed E-state index contributed by atoms with van der Waals surface area (Å²) in [5, 5.41) is 0. The van der Waals surface area contributed by atoms with Crippen LogP contribution in [0, 0.1) is 16.4 Å². The second-order valence-electron chi connectivity index (χ2n) is 5.12.